The molecule has 1 atom stereocenters. The van der Waals surface area contributed by atoms with E-state index in [9.17, 15) is 14.9 Å². The molecule has 0 spiro atoms. The third-order valence-corrected chi connectivity index (χ3v) is 3.62. The molecule has 1 aliphatic heterocycles. The van der Waals surface area contributed by atoms with Crippen LogP contribution in [0.4, 0.5) is 5.69 Å². The first-order valence-corrected chi connectivity index (χ1v) is 6.67. The van der Waals surface area contributed by atoms with Crippen molar-refractivity contribution in [3.8, 4) is 0 Å². The summed E-state index contributed by atoms with van der Waals surface area (Å²) >= 11 is 0. The number of piperidine rings is 1. The van der Waals surface area contributed by atoms with Gasteiger partial charge in [-0.15, -0.1) is 0 Å². The number of nitro groups is 1. The van der Waals surface area contributed by atoms with Gasteiger partial charge in [-0.3, -0.25) is 19.8 Å². The van der Waals surface area contributed by atoms with E-state index in [1.165, 1.54) is 19.2 Å². The number of hydrogen-bond donors (Lipinski definition) is 0. The van der Waals surface area contributed by atoms with Crippen LogP contribution in [0, 0.1) is 10.1 Å². The molecular weight excluding hydrogens is 260 g/mol. The predicted octanol–water partition coefficient (Wildman–Crippen LogP) is 2.12. The lowest BCUT2D eigenvalue weighted by atomic mass is 10.0. The highest BCUT2D eigenvalue weighted by atomic mass is 16.6. The summed E-state index contributed by atoms with van der Waals surface area (Å²) in [4.78, 5) is 24.0. The van der Waals surface area contributed by atoms with Crippen LogP contribution in [0.15, 0.2) is 24.3 Å². The lowest BCUT2D eigenvalue weighted by Crippen LogP contribution is -2.44. The van der Waals surface area contributed by atoms with Gasteiger partial charge >= 0.3 is 5.97 Å². The molecule has 0 N–H and O–H groups in total. The number of nitro benzene ring substituents is 1. The molecule has 108 valence electrons. The van der Waals surface area contributed by atoms with Crippen LogP contribution in [0.3, 0.4) is 0 Å². The molecular formula is C14H18N2O4. The fraction of sp³-hybridized carbons (Fsp3) is 0.500. The van der Waals surface area contributed by atoms with Crippen LogP contribution in [-0.4, -0.2) is 35.5 Å². The van der Waals surface area contributed by atoms with Gasteiger partial charge in [0.1, 0.15) is 6.04 Å². The molecule has 1 heterocycles. The SMILES string of the molecule is COC(=O)[C@H]1CCCCN1Cc1ccc([N+](=O)[O-])cc1. The Labute approximate surface area is 117 Å². The van der Waals surface area contributed by atoms with Crippen molar-refractivity contribution in [2.24, 2.45) is 0 Å². The largest absolute Gasteiger partial charge is 0.468 e. The smallest absolute Gasteiger partial charge is 0.323 e. The molecule has 0 amide bonds. The topological polar surface area (TPSA) is 72.7 Å². The van der Waals surface area contributed by atoms with E-state index in [1.807, 2.05) is 0 Å². The average Bonchev–Trinajstić information content (AvgIpc) is 2.47. The fourth-order valence-electron chi connectivity index (χ4n) is 2.54. The van der Waals surface area contributed by atoms with Crippen molar-refractivity contribution in [3.05, 3.63) is 39.9 Å². The van der Waals surface area contributed by atoms with Gasteiger partial charge < -0.3 is 4.74 Å². The molecule has 20 heavy (non-hydrogen) atoms. The summed E-state index contributed by atoms with van der Waals surface area (Å²) < 4.78 is 4.84. The van der Waals surface area contributed by atoms with E-state index < -0.39 is 4.92 Å². The number of nitrogens with zero attached hydrogens (tertiary/aromatic N) is 2. The van der Waals surface area contributed by atoms with Crippen molar-refractivity contribution in [3.63, 3.8) is 0 Å². The van der Waals surface area contributed by atoms with Gasteiger partial charge in [-0.25, -0.2) is 0 Å². The van der Waals surface area contributed by atoms with Gasteiger partial charge in [0.25, 0.3) is 5.69 Å². The summed E-state index contributed by atoms with van der Waals surface area (Å²) in [7, 11) is 1.40. The van der Waals surface area contributed by atoms with Gasteiger partial charge in [-0.05, 0) is 24.9 Å². The van der Waals surface area contributed by atoms with E-state index in [1.54, 1.807) is 12.1 Å². The van der Waals surface area contributed by atoms with Crippen LogP contribution < -0.4 is 0 Å². The lowest BCUT2D eigenvalue weighted by Gasteiger charge is -2.33. The van der Waals surface area contributed by atoms with Crippen molar-refractivity contribution in [2.75, 3.05) is 13.7 Å². The molecule has 1 aliphatic rings. The molecule has 1 saturated heterocycles. The zero-order valence-corrected chi connectivity index (χ0v) is 11.4. The van der Waals surface area contributed by atoms with Gasteiger partial charge in [-0.2, -0.15) is 0 Å². The summed E-state index contributed by atoms with van der Waals surface area (Å²) in [5, 5.41) is 10.6. The molecule has 0 bridgehead atoms. The standard InChI is InChI=1S/C14H18N2O4/c1-20-14(17)13-4-2-3-9-15(13)10-11-5-7-12(8-6-11)16(18)19/h5-8,13H,2-4,9-10H2,1H3/t13-/m1/s1. The lowest BCUT2D eigenvalue weighted by molar-refractivity contribution is -0.384. The molecule has 1 fully saturated rings. The maximum absolute atomic E-state index is 11.8. The zero-order chi connectivity index (χ0) is 14.5. The Morgan fingerprint density at radius 2 is 2.10 bits per heavy atom. The number of benzene rings is 1. The molecule has 0 unspecified atom stereocenters. The van der Waals surface area contributed by atoms with Crippen molar-refractivity contribution in [1.29, 1.82) is 0 Å². The fourth-order valence-corrected chi connectivity index (χ4v) is 2.54. The average molecular weight is 278 g/mol. The first kappa shape index (κ1) is 14.5. The Hall–Kier alpha value is -1.95. The highest BCUT2D eigenvalue weighted by Gasteiger charge is 2.29. The Kier molecular flexibility index (Phi) is 4.68. The molecule has 0 aliphatic carbocycles. The maximum Gasteiger partial charge on any atom is 0.323 e. The van der Waals surface area contributed by atoms with Crippen LogP contribution in [0.5, 0.6) is 0 Å². The second-order valence-electron chi connectivity index (χ2n) is 4.93. The van der Waals surface area contributed by atoms with Crippen molar-refractivity contribution < 1.29 is 14.5 Å². The summed E-state index contributed by atoms with van der Waals surface area (Å²) in [6.45, 7) is 1.45. The predicted molar refractivity (Wildman–Crippen MR) is 73.2 cm³/mol. The maximum atomic E-state index is 11.8. The quantitative estimate of drug-likeness (QED) is 0.479. The van der Waals surface area contributed by atoms with E-state index in [-0.39, 0.29) is 17.7 Å². The minimum atomic E-state index is -0.415. The van der Waals surface area contributed by atoms with Crippen molar-refractivity contribution in [1.82, 2.24) is 4.90 Å². The molecule has 6 heteroatoms. The van der Waals surface area contributed by atoms with Gasteiger partial charge in [0.15, 0.2) is 0 Å². The van der Waals surface area contributed by atoms with Crippen LogP contribution in [0.1, 0.15) is 24.8 Å². The minimum absolute atomic E-state index is 0.0805. The number of carbonyl (C=O) groups excluding carboxylic acids is 1. The van der Waals surface area contributed by atoms with Gasteiger partial charge in [-0.1, -0.05) is 18.6 Å². The summed E-state index contributed by atoms with van der Waals surface area (Å²) in [6.07, 6.45) is 2.89. The van der Waals surface area contributed by atoms with E-state index in [2.05, 4.69) is 4.90 Å². The van der Waals surface area contributed by atoms with E-state index in [0.717, 1.165) is 31.4 Å². The summed E-state index contributed by atoms with van der Waals surface area (Å²) in [5.74, 6) is -0.202. The number of rotatable bonds is 4. The van der Waals surface area contributed by atoms with E-state index >= 15 is 0 Å². The number of methoxy groups -OCH3 is 1. The number of likely N-dealkylation sites (tertiary alicyclic amines) is 1. The second kappa shape index (κ2) is 6.47. The molecule has 0 saturated carbocycles. The van der Waals surface area contributed by atoms with E-state index in [0.29, 0.717) is 6.54 Å². The van der Waals surface area contributed by atoms with Gasteiger partial charge in [0.2, 0.25) is 0 Å². The molecule has 0 aromatic heterocycles. The minimum Gasteiger partial charge on any atom is -0.468 e. The van der Waals surface area contributed by atoms with Crippen LogP contribution in [0.2, 0.25) is 0 Å². The normalized spacial score (nSPS) is 19.6. The zero-order valence-electron chi connectivity index (χ0n) is 11.4. The Morgan fingerprint density at radius 1 is 1.40 bits per heavy atom. The van der Waals surface area contributed by atoms with Crippen molar-refractivity contribution in [2.45, 2.75) is 31.8 Å². The second-order valence-corrected chi connectivity index (χ2v) is 4.93. The van der Waals surface area contributed by atoms with Crippen molar-refractivity contribution >= 4 is 11.7 Å². The van der Waals surface area contributed by atoms with Gasteiger partial charge in [0.05, 0.1) is 12.0 Å². The molecule has 1 aromatic rings. The van der Waals surface area contributed by atoms with Gasteiger partial charge in [0, 0.05) is 18.7 Å². The highest BCUT2D eigenvalue weighted by Crippen LogP contribution is 2.21. The number of hydrogen-bond acceptors (Lipinski definition) is 5. The number of carbonyl (C=O) groups is 1. The molecule has 2 rings (SSSR count). The van der Waals surface area contributed by atoms with Crippen LogP contribution in [-0.2, 0) is 16.1 Å². The van der Waals surface area contributed by atoms with Crippen LogP contribution >= 0.6 is 0 Å². The number of ether oxygens (including phenoxy) is 1. The molecule has 6 nitrogen and oxygen atoms in total. The molecule has 1 aromatic carbocycles. The van der Waals surface area contributed by atoms with Crippen LogP contribution in [0.25, 0.3) is 0 Å². The van der Waals surface area contributed by atoms with E-state index in [4.69, 9.17) is 4.74 Å². The number of non-ortho nitro benzene ring substituents is 1. The summed E-state index contributed by atoms with van der Waals surface area (Å²) in [6, 6.07) is 6.25. The number of esters is 1. The first-order chi connectivity index (χ1) is 9.61. The third kappa shape index (κ3) is 3.33. The monoisotopic (exact) mass is 278 g/mol. The highest BCUT2D eigenvalue weighted by molar-refractivity contribution is 5.75. The first-order valence-electron chi connectivity index (χ1n) is 6.67. The Bertz CT molecular complexity index is 486. The third-order valence-electron chi connectivity index (χ3n) is 3.62. The summed E-state index contributed by atoms with van der Waals surface area (Å²) in [5.41, 5.74) is 1.04. The Balaban J connectivity index is 2.06. The Morgan fingerprint density at radius 3 is 2.70 bits per heavy atom. The molecule has 0 radical (unpaired) electrons.